The molecule has 0 unspecified atom stereocenters. The van der Waals surface area contributed by atoms with Crippen molar-refractivity contribution in [2.24, 2.45) is 4.99 Å². The second kappa shape index (κ2) is 6.40. The van der Waals surface area contributed by atoms with Gasteiger partial charge in [0.25, 0.3) is 0 Å². The number of carbonyl (C=O) groups excluding carboxylic acids is 2. The summed E-state index contributed by atoms with van der Waals surface area (Å²) in [5.41, 5.74) is -0.523. The van der Waals surface area contributed by atoms with Crippen LogP contribution in [0.4, 0.5) is 4.79 Å². The first kappa shape index (κ1) is 15.3. The molecule has 1 amide bonds. The maximum absolute atomic E-state index is 11.9. The molecule has 1 aliphatic heterocycles. The average Bonchev–Trinajstić information content (AvgIpc) is 2.34. The topological polar surface area (TPSA) is 80.2 Å². The molecule has 1 N–H and O–H groups in total. The van der Waals surface area contributed by atoms with Gasteiger partial charge in [-0.2, -0.15) is 0 Å². The highest BCUT2D eigenvalue weighted by Gasteiger charge is 2.25. The first-order valence-electron chi connectivity index (χ1n) is 6.14. The monoisotopic (exact) mass is 271 g/mol. The molecule has 7 heteroatoms. The van der Waals surface area contributed by atoms with E-state index in [1.54, 1.807) is 4.90 Å². The number of amidine groups is 1. The number of methoxy groups -OCH3 is 1. The molecule has 0 aromatic carbocycles. The Bertz CT molecular complexity index is 374. The number of rotatable bonds is 2. The lowest BCUT2D eigenvalue weighted by molar-refractivity contribution is -0.139. The van der Waals surface area contributed by atoms with Crippen LogP contribution < -0.4 is 5.32 Å². The Balaban J connectivity index is 2.47. The van der Waals surface area contributed by atoms with Gasteiger partial charge in [0.1, 0.15) is 18.0 Å². The number of aliphatic imine (C=N–C) groups is 1. The second-order valence-corrected chi connectivity index (χ2v) is 5.16. The van der Waals surface area contributed by atoms with E-state index in [0.717, 1.165) is 0 Å². The SMILES string of the molecule is COC(=O)CNC1=NCCN(C(=O)OC(C)(C)C)C1. The van der Waals surface area contributed by atoms with Gasteiger partial charge >= 0.3 is 12.1 Å². The number of carbonyl (C=O) groups is 2. The first-order valence-corrected chi connectivity index (χ1v) is 6.14. The molecular weight excluding hydrogens is 250 g/mol. The molecule has 0 atom stereocenters. The van der Waals surface area contributed by atoms with Crippen molar-refractivity contribution in [1.29, 1.82) is 0 Å². The minimum Gasteiger partial charge on any atom is -0.468 e. The van der Waals surface area contributed by atoms with E-state index in [9.17, 15) is 9.59 Å². The fourth-order valence-corrected chi connectivity index (χ4v) is 1.46. The molecule has 1 heterocycles. The molecule has 0 fully saturated rings. The Hall–Kier alpha value is -1.79. The van der Waals surface area contributed by atoms with E-state index in [1.807, 2.05) is 20.8 Å². The minimum absolute atomic E-state index is 0.0392. The lowest BCUT2D eigenvalue weighted by Gasteiger charge is -2.29. The normalized spacial score (nSPS) is 15.6. The molecule has 0 aromatic heterocycles. The summed E-state index contributed by atoms with van der Waals surface area (Å²) < 4.78 is 9.80. The van der Waals surface area contributed by atoms with Crippen molar-refractivity contribution in [1.82, 2.24) is 10.2 Å². The van der Waals surface area contributed by atoms with Gasteiger partial charge in [-0.05, 0) is 20.8 Å². The molecule has 1 aliphatic rings. The Morgan fingerprint density at radius 2 is 2.11 bits per heavy atom. The van der Waals surface area contributed by atoms with Crippen LogP contribution in [-0.2, 0) is 14.3 Å². The molecule has 0 bridgehead atoms. The number of hydrogen-bond acceptors (Lipinski definition) is 6. The Morgan fingerprint density at radius 3 is 2.68 bits per heavy atom. The highest BCUT2D eigenvalue weighted by Crippen LogP contribution is 2.10. The zero-order chi connectivity index (χ0) is 14.5. The summed E-state index contributed by atoms with van der Waals surface area (Å²) in [6.07, 6.45) is -0.375. The molecule has 108 valence electrons. The molecule has 0 spiro atoms. The van der Waals surface area contributed by atoms with Crippen molar-refractivity contribution < 1.29 is 19.1 Å². The van der Waals surface area contributed by atoms with Gasteiger partial charge in [0.05, 0.1) is 20.2 Å². The van der Waals surface area contributed by atoms with E-state index in [-0.39, 0.29) is 18.6 Å². The summed E-state index contributed by atoms with van der Waals surface area (Å²) in [4.78, 5) is 28.7. The third kappa shape index (κ3) is 5.58. The van der Waals surface area contributed by atoms with E-state index < -0.39 is 5.60 Å². The van der Waals surface area contributed by atoms with Gasteiger partial charge < -0.3 is 14.8 Å². The summed E-state index contributed by atoms with van der Waals surface area (Å²) in [5.74, 6) is 0.208. The van der Waals surface area contributed by atoms with E-state index in [2.05, 4.69) is 15.0 Å². The fourth-order valence-electron chi connectivity index (χ4n) is 1.46. The van der Waals surface area contributed by atoms with Crippen molar-refractivity contribution in [3.63, 3.8) is 0 Å². The standard InChI is InChI=1S/C12H21N3O4/c1-12(2,3)19-11(17)15-6-5-13-9(8-15)14-7-10(16)18-4/h5-8H2,1-4H3,(H,13,14). The highest BCUT2D eigenvalue weighted by molar-refractivity contribution is 5.90. The third-order valence-electron chi connectivity index (χ3n) is 2.33. The quantitative estimate of drug-likeness (QED) is 0.735. The number of nitrogens with zero attached hydrogens (tertiary/aromatic N) is 2. The number of esters is 1. The Labute approximate surface area is 113 Å². The maximum Gasteiger partial charge on any atom is 0.410 e. The smallest absolute Gasteiger partial charge is 0.410 e. The summed E-state index contributed by atoms with van der Waals surface area (Å²) in [5, 5.41) is 2.85. The van der Waals surface area contributed by atoms with Crippen molar-refractivity contribution >= 4 is 17.9 Å². The number of ether oxygens (including phenoxy) is 2. The van der Waals surface area contributed by atoms with Gasteiger partial charge in [-0.25, -0.2) is 4.79 Å². The predicted octanol–water partition coefficient (Wildman–Crippen LogP) is 0.398. The van der Waals surface area contributed by atoms with Gasteiger partial charge in [0.2, 0.25) is 0 Å². The predicted molar refractivity (Wildman–Crippen MR) is 70.1 cm³/mol. The molecule has 0 aromatic rings. The van der Waals surface area contributed by atoms with Gasteiger partial charge in [-0.3, -0.25) is 14.7 Å². The van der Waals surface area contributed by atoms with Gasteiger partial charge in [-0.1, -0.05) is 0 Å². The van der Waals surface area contributed by atoms with Crippen LogP contribution in [-0.4, -0.2) is 61.7 Å². The summed E-state index contributed by atoms with van der Waals surface area (Å²) in [6, 6.07) is 0. The van der Waals surface area contributed by atoms with Crippen LogP contribution >= 0.6 is 0 Å². The summed E-state index contributed by atoms with van der Waals surface area (Å²) >= 11 is 0. The zero-order valence-electron chi connectivity index (χ0n) is 11.9. The van der Waals surface area contributed by atoms with E-state index in [0.29, 0.717) is 25.5 Å². The maximum atomic E-state index is 11.9. The third-order valence-corrected chi connectivity index (χ3v) is 2.33. The van der Waals surface area contributed by atoms with E-state index in [1.165, 1.54) is 7.11 Å². The molecule has 0 aliphatic carbocycles. The van der Waals surface area contributed by atoms with Crippen LogP contribution in [0.3, 0.4) is 0 Å². The lowest BCUT2D eigenvalue weighted by atomic mass is 10.2. The van der Waals surface area contributed by atoms with Gasteiger partial charge in [0, 0.05) is 6.54 Å². The number of nitrogens with one attached hydrogen (secondary N) is 1. The van der Waals surface area contributed by atoms with Crippen LogP contribution in [0.15, 0.2) is 4.99 Å². The largest absolute Gasteiger partial charge is 0.468 e. The van der Waals surface area contributed by atoms with E-state index in [4.69, 9.17) is 4.74 Å². The van der Waals surface area contributed by atoms with Crippen LogP contribution in [0.1, 0.15) is 20.8 Å². The van der Waals surface area contributed by atoms with Crippen LogP contribution in [0, 0.1) is 0 Å². The molecule has 0 radical (unpaired) electrons. The second-order valence-electron chi connectivity index (χ2n) is 5.16. The molecule has 1 rings (SSSR count). The molecule has 0 saturated heterocycles. The first-order chi connectivity index (χ1) is 8.81. The lowest BCUT2D eigenvalue weighted by Crippen LogP contribution is -2.48. The molecule has 7 nitrogen and oxygen atoms in total. The number of hydrogen-bond donors (Lipinski definition) is 1. The summed E-state index contributed by atoms with van der Waals surface area (Å²) in [6.45, 7) is 6.81. The van der Waals surface area contributed by atoms with Crippen LogP contribution in [0.25, 0.3) is 0 Å². The zero-order valence-corrected chi connectivity index (χ0v) is 11.9. The fraction of sp³-hybridized carbons (Fsp3) is 0.750. The van der Waals surface area contributed by atoms with E-state index >= 15 is 0 Å². The van der Waals surface area contributed by atoms with Crippen molar-refractivity contribution in [3.05, 3.63) is 0 Å². The Morgan fingerprint density at radius 1 is 1.42 bits per heavy atom. The van der Waals surface area contributed by atoms with Crippen LogP contribution in [0.2, 0.25) is 0 Å². The molecule has 19 heavy (non-hydrogen) atoms. The highest BCUT2D eigenvalue weighted by atomic mass is 16.6. The summed E-state index contributed by atoms with van der Waals surface area (Å²) in [7, 11) is 1.32. The van der Waals surface area contributed by atoms with Gasteiger partial charge in [-0.15, -0.1) is 0 Å². The number of amides is 1. The van der Waals surface area contributed by atoms with Gasteiger partial charge in [0.15, 0.2) is 0 Å². The van der Waals surface area contributed by atoms with Crippen molar-refractivity contribution in [2.75, 3.05) is 33.3 Å². The van der Waals surface area contributed by atoms with Crippen molar-refractivity contribution in [3.8, 4) is 0 Å². The Kier molecular flexibility index (Phi) is 5.14. The average molecular weight is 271 g/mol. The minimum atomic E-state index is -0.523. The van der Waals surface area contributed by atoms with Crippen molar-refractivity contribution in [2.45, 2.75) is 26.4 Å². The van der Waals surface area contributed by atoms with Crippen LogP contribution in [0.5, 0.6) is 0 Å². The molecular formula is C12H21N3O4. The molecule has 0 saturated carbocycles.